The molecule has 2 unspecified atom stereocenters. The maximum atomic E-state index is 13.3. The summed E-state index contributed by atoms with van der Waals surface area (Å²) in [6.45, 7) is 7.15. The standard InChI is InChI=1S/C22H24F4N2O2S/c1-20(2,3)31(30)28-21(4,14-7-8-14)15-11-17(13-5-9-16(23)10-6-13)27-18(12-15)19(29)22(24,25)26/h5-6,9-12,14,28H,7-8H2,1-4H3. The fourth-order valence-electron chi connectivity index (χ4n) is 3.24. The number of carbonyl (C=O) groups excluding carboxylic acids is 1. The third-order valence-corrected chi connectivity index (χ3v) is 7.03. The lowest BCUT2D eigenvalue weighted by Crippen LogP contribution is -2.51. The van der Waals surface area contributed by atoms with E-state index in [1.807, 2.05) is 0 Å². The fourth-order valence-corrected chi connectivity index (χ4v) is 4.22. The number of carbonyl (C=O) groups is 1. The average molecular weight is 457 g/mol. The quantitative estimate of drug-likeness (QED) is 0.364. The van der Waals surface area contributed by atoms with Crippen LogP contribution in [0, 0.1) is 11.7 Å². The summed E-state index contributed by atoms with van der Waals surface area (Å²) in [5.74, 6) is -2.53. The lowest BCUT2D eigenvalue weighted by atomic mass is 9.87. The number of pyridine rings is 1. The van der Waals surface area contributed by atoms with E-state index in [-0.39, 0.29) is 11.6 Å². The number of nitrogens with one attached hydrogen (secondary N) is 1. The van der Waals surface area contributed by atoms with Gasteiger partial charge in [-0.25, -0.2) is 9.37 Å². The van der Waals surface area contributed by atoms with Crippen LogP contribution < -0.4 is 4.72 Å². The van der Waals surface area contributed by atoms with Crippen molar-refractivity contribution in [3.63, 3.8) is 0 Å². The first kappa shape index (κ1) is 23.7. The second-order valence-corrected chi connectivity index (χ2v) is 10.9. The normalized spacial score (nSPS) is 17.8. The number of nitrogens with zero attached hydrogens (tertiary/aromatic N) is 1. The average Bonchev–Trinajstić information content (AvgIpc) is 3.51. The van der Waals surface area contributed by atoms with Gasteiger partial charge in [0.2, 0.25) is 0 Å². The molecule has 2 aromatic rings. The van der Waals surface area contributed by atoms with Gasteiger partial charge in [0, 0.05) is 16.9 Å². The van der Waals surface area contributed by atoms with Crippen LogP contribution in [0.4, 0.5) is 17.6 Å². The minimum Gasteiger partial charge on any atom is -0.598 e. The summed E-state index contributed by atoms with van der Waals surface area (Å²) in [7, 11) is 0. The SMILES string of the molecule is CC(N[S+]([O-])C(C)(C)C)(c1cc(C(=O)C(F)(F)F)nc(-c2ccc(F)cc2)c1)C1CC1. The molecule has 1 aliphatic rings. The van der Waals surface area contributed by atoms with Crippen molar-refractivity contribution in [2.24, 2.45) is 5.92 Å². The van der Waals surface area contributed by atoms with Gasteiger partial charge in [0.15, 0.2) is 0 Å². The Morgan fingerprint density at radius 1 is 1.10 bits per heavy atom. The van der Waals surface area contributed by atoms with Crippen LogP contribution in [0.15, 0.2) is 36.4 Å². The Kier molecular flexibility index (Phi) is 6.25. The van der Waals surface area contributed by atoms with Gasteiger partial charge in [-0.2, -0.15) is 13.2 Å². The molecule has 1 aliphatic carbocycles. The number of rotatable bonds is 6. The van der Waals surface area contributed by atoms with Crippen LogP contribution in [0.1, 0.15) is 56.6 Å². The van der Waals surface area contributed by atoms with Gasteiger partial charge >= 0.3 is 6.18 Å². The smallest absolute Gasteiger partial charge is 0.456 e. The van der Waals surface area contributed by atoms with Crippen molar-refractivity contribution in [1.29, 1.82) is 0 Å². The Morgan fingerprint density at radius 3 is 2.16 bits per heavy atom. The van der Waals surface area contributed by atoms with Crippen LogP contribution in [0.5, 0.6) is 0 Å². The summed E-state index contributed by atoms with van der Waals surface area (Å²) >= 11 is -1.50. The Balaban J connectivity index is 2.16. The first-order chi connectivity index (χ1) is 14.2. The lowest BCUT2D eigenvalue weighted by Gasteiger charge is -2.36. The van der Waals surface area contributed by atoms with Crippen LogP contribution >= 0.6 is 0 Å². The number of benzene rings is 1. The number of hydrogen-bond donors (Lipinski definition) is 1. The predicted octanol–water partition coefficient (Wildman–Crippen LogP) is 5.31. The minimum atomic E-state index is -5.09. The molecular weight excluding hydrogens is 432 g/mol. The monoisotopic (exact) mass is 456 g/mol. The highest BCUT2D eigenvalue weighted by Crippen LogP contribution is 2.47. The zero-order chi connectivity index (χ0) is 23.2. The van der Waals surface area contributed by atoms with E-state index in [1.54, 1.807) is 33.8 Å². The van der Waals surface area contributed by atoms with E-state index in [9.17, 15) is 26.9 Å². The van der Waals surface area contributed by atoms with Crippen molar-refractivity contribution in [2.45, 2.75) is 57.0 Å². The summed E-state index contributed by atoms with van der Waals surface area (Å²) in [5, 5.41) is 0. The van der Waals surface area contributed by atoms with Crippen LogP contribution in [-0.4, -0.2) is 26.2 Å². The zero-order valence-electron chi connectivity index (χ0n) is 17.6. The third-order valence-electron chi connectivity index (χ3n) is 5.31. The van der Waals surface area contributed by atoms with Gasteiger partial charge in [-0.05, 0) is 88.4 Å². The van der Waals surface area contributed by atoms with Gasteiger partial charge in [-0.15, -0.1) is 4.72 Å². The van der Waals surface area contributed by atoms with Crippen LogP contribution in [0.3, 0.4) is 0 Å². The predicted molar refractivity (Wildman–Crippen MR) is 111 cm³/mol. The lowest BCUT2D eigenvalue weighted by molar-refractivity contribution is -0.0888. The molecule has 4 nitrogen and oxygen atoms in total. The van der Waals surface area contributed by atoms with Crippen molar-refractivity contribution >= 4 is 17.1 Å². The summed E-state index contributed by atoms with van der Waals surface area (Å²) in [5.41, 5.74) is -0.819. The van der Waals surface area contributed by atoms with Crippen LogP contribution in [0.25, 0.3) is 11.3 Å². The molecule has 0 bridgehead atoms. The summed E-state index contributed by atoms with van der Waals surface area (Å²) in [6, 6.07) is 7.81. The van der Waals surface area contributed by atoms with Gasteiger partial charge in [-0.1, -0.05) is 0 Å². The van der Waals surface area contributed by atoms with Crippen molar-refractivity contribution in [3.8, 4) is 11.3 Å². The molecule has 1 N–H and O–H groups in total. The topological polar surface area (TPSA) is 65.0 Å². The minimum absolute atomic E-state index is 0.0381. The number of alkyl halides is 3. The van der Waals surface area contributed by atoms with E-state index in [2.05, 4.69) is 9.71 Å². The Hall–Kier alpha value is -1.97. The molecule has 168 valence electrons. The van der Waals surface area contributed by atoms with E-state index in [0.717, 1.165) is 18.9 Å². The highest BCUT2D eigenvalue weighted by atomic mass is 32.2. The molecule has 3 rings (SSSR count). The number of halogens is 4. The van der Waals surface area contributed by atoms with E-state index >= 15 is 0 Å². The molecule has 31 heavy (non-hydrogen) atoms. The van der Waals surface area contributed by atoms with Crippen LogP contribution in [0.2, 0.25) is 0 Å². The molecule has 9 heteroatoms. The van der Waals surface area contributed by atoms with Gasteiger partial charge in [0.1, 0.15) is 16.3 Å². The van der Waals surface area contributed by atoms with E-state index in [1.165, 1.54) is 24.3 Å². The molecule has 0 amide bonds. The molecule has 1 heterocycles. The molecule has 1 aromatic carbocycles. The first-order valence-electron chi connectivity index (χ1n) is 9.81. The largest absolute Gasteiger partial charge is 0.598 e. The maximum absolute atomic E-state index is 13.3. The summed E-state index contributed by atoms with van der Waals surface area (Å²) in [4.78, 5) is 15.9. The zero-order valence-corrected chi connectivity index (χ0v) is 18.5. The Morgan fingerprint density at radius 2 is 1.68 bits per heavy atom. The van der Waals surface area contributed by atoms with E-state index < -0.39 is 45.1 Å². The van der Waals surface area contributed by atoms with Gasteiger partial charge in [0.05, 0.1) is 11.2 Å². The van der Waals surface area contributed by atoms with E-state index in [0.29, 0.717) is 11.1 Å². The molecule has 0 radical (unpaired) electrons. The molecule has 1 aromatic heterocycles. The molecule has 0 aliphatic heterocycles. The highest BCUT2D eigenvalue weighted by molar-refractivity contribution is 7.90. The molecule has 1 saturated carbocycles. The van der Waals surface area contributed by atoms with Crippen LogP contribution in [-0.2, 0) is 16.9 Å². The molecule has 0 spiro atoms. The molecular formula is C22H24F4N2O2S. The van der Waals surface area contributed by atoms with Gasteiger partial charge < -0.3 is 4.55 Å². The Labute approximate surface area is 181 Å². The maximum Gasteiger partial charge on any atom is 0.456 e. The summed E-state index contributed by atoms with van der Waals surface area (Å²) < 4.78 is 68.2. The fraction of sp³-hybridized carbons (Fsp3) is 0.455. The number of ketones is 1. The third kappa shape index (κ3) is 5.27. The highest BCUT2D eigenvalue weighted by Gasteiger charge is 2.49. The van der Waals surface area contributed by atoms with Gasteiger partial charge in [-0.3, -0.25) is 4.79 Å². The summed E-state index contributed by atoms with van der Waals surface area (Å²) in [6.07, 6.45) is -3.48. The Bertz CT molecular complexity index is 969. The van der Waals surface area contributed by atoms with E-state index in [4.69, 9.17) is 0 Å². The second-order valence-electron chi connectivity index (χ2n) is 8.92. The van der Waals surface area contributed by atoms with Crippen molar-refractivity contribution in [3.05, 3.63) is 53.5 Å². The molecule has 1 fully saturated rings. The first-order valence-corrected chi connectivity index (χ1v) is 11.0. The second kappa shape index (κ2) is 8.18. The number of Topliss-reactive ketones (excluding diaryl/α,β-unsaturated/α-hetero) is 1. The van der Waals surface area contributed by atoms with Crippen molar-refractivity contribution in [2.75, 3.05) is 0 Å². The number of aromatic nitrogens is 1. The molecule has 0 saturated heterocycles. The van der Waals surface area contributed by atoms with Crippen molar-refractivity contribution < 1.29 is 26.9 Å². The number of hydrogen-bond acceptors (Lipinski definition) is 4. The van der Waals surface area contributed by atoms with Crippen molar-refractivity contribution in [1.82, 2.24) is 9.71 Å². The van der Waals surface area contributed by atoms with Gasteiger partial charge in [0.25, 0.3) is 5.78 Å². The molecule has 2 atom stereocenters.